The number of hydrogen-bond acceptors (Lipinski definition) is 2. The van der Waals surface area contributed by atoms with Crippen LogP contribution in [-0.2, 0) is 5.41 Å². The Bertz CT molecular complexity index is 1270. The minimum absolute atomic E-state index is 0.350. The SMILES string of the molecule is CC(C)=COc1ccc(C2(c3ccc(OCC(C)C)cc3)C3=CC=CCC3c3ccccc32)cc1. The zero-order chi connectivity index (χ0) is 24.4. The molecule has 2 heteroatoms. The van der Waals surface area contributed by atoms with Crippen molar-refractivity contribution in [2.75, 3.05) is 6.61 Å². The van der Waals surface area contributed by atoms with Crippen LogP contribution in [0.25, 0.3) is 0 Å². The highest BCUT2D eigenvalue weighted by molar-refractivity contribution is 5.69. The lowest BCUT2D eigenvalue weighted by Gasteiger charge is -2.36. The van der Waals surface area contributed by atoms with Gasteiger partial charge in [0.15, 0.2) is 0 Å². The first-order chi connectivity index (χ1) is 17.0. The molecular formula is C33H34O2. The van der Waals surface area contributed by atoms with E-state index in [1.807, 2.05) is 13.8 Å². The third-order valence-corrected chi connectivity index (χ3v) is 6.92. The van der Waals surface area contributed by atoms with E-state index < -0.39 is 0 Å². The molecule has 2 nitrogen and oxygen atoms in total. The predicted octanol–water partition coefficient (Wildman–Crippen LogP) is 8.34. The van der Waals surface area contributed by atoms with Crippen molar-refractivity contribution < 1.29 is 9.47 Å². The molecule has 0 saturated heterocycles. The summed E-state index contributed by atoms with van der Waals surface area (Å²) in [5.41, 5.74) is 7.55. The number of allylic oxidation sites excluding steroid dienone is 5. The van der Waals surface area contributed by atoms with Crippen LogP contribution >= 0.6 is 0 Å². The first-order valence-corrected chi connectivity index (χ1v) is 12.6. The van der Waals surface area contributed by atoms with Crippen molar-refractivity contribution in [2.24, 2.45) is 5.92 Å². The molecule has 0 N–H and O–H groups in total. The molecule has 0 fully saturated rings. The van der Waals surface area contributed by atoms with Gasteiger partial charge in [-0.25, -0.2) is 0 Å². The maximum Gasteiger partial charge on any atom is 0.126 e. The van der Waals surface area contributed by atoms with Crippen LogP contribution in [0.1, 0.15) is 62.3 Å². The fourth-order valence-electron chi connectivity index (χ4n) is 5.45. The average molecular weight is 463 g/mol. The number of rotatable bonds is 7. The van der Waals surface area contributed by atoms with Gasteiger partial charge >= 0.3 is 0 Å². The van der Waals surface area contributed by atoms with E-state index in [9.17, 15) is 0 Å². The number of benzene rings is 3. The molecule has 3 aromatic rings. The van der Waals surface area contributed by atoms with E-state index in [1.54, 1.807) is 6.26 Å². The van der Waals surface area contributed by atoms with E-state index in [-0.39, 0.29) is 5.41 Å². The minimum atomic E-state index is -0.350. The summed E-state index contributed by atoms with van der Waals surface area (Å²) in [4.78, 5) is 0. The van der Waals surface area contributed by atoms with E-state index in [1.165, 1.54) is 27.8 Å². The summed E-state index contributed by atoms with van der Waals surface area (Å²) in [6.45, 7) is 9.14. The third-order valence-electron chi connectivity index (χ3n) is 6.92. The zero-order valence-electron chi connectivity index (χ0n) is 21.1. The second kappa shape index (κ2) is 9.62. The van der Waals surface area contributed by atoms with E-state index in [4.69, 9.17) is 9.47 Å². The van der Waals surface area contributed by atoms with Crippen LogP contribution < -0.4 is 9.47 Å². The normalized spacial score (nSPS) is 20.1. The standard InChI is InChI=1S/C33H34O2/c1-23(2)21-34-27-17-13-25(14-18-27)33(26-15-19-28(20-16-26)35-22-24(3)4)31-11-7-5-9-29(31)30-10-6-8-12-32(30)33/h5-9,11-21,24,30H,10,22H2,1-4H3. The van der Waals surface area contributed by atoms with Gasteiger partial charge in [-0.1, -0.05) is 80.6 Å². The topological polar surface area (TPSA) is 18.5 Å². The fourth-order valence-corrected chi connectivity index (χ4v) is 5.45. The quantitative estimate of drug-likeness (QED) is 0.329. The maximum atomic E-state index is 6.01. The molecule has 2 unspecified atom stereocenters. The Hall–Kier alpha value is -3.52. The van der Waals surface area contributed by atoms with E-state index in [0.717, 1.165) is 30.1 Å². The van der Waals surface area contributed by atoms with Crippen molar-refractivity contribution in [2.45, 2.75) is 45.4 Å². The molecule has 2 aliphatic carbocycles. The Balaban J connectivity index is 1.67. The van der Waals surface area contributed by atoms with Gasteiger partial charge in [-0.05, 0) is 83.9 Å². The van der Waals surface area contributed by atoms with Gasteiger partial charge in [0.25, 0.3) is 0 Å². The molecule has 0 saturated carbocycles. The second-order valence-corrected chi connectivity index (χ2v) is 10.2. The largest absolute Gasteiger partial charge is 0.493 e. The van der Waals surface area contributed by atoms with E-state index in [2.05, 4.69) is 105 Å². The third kappa shape index (κ3) is 4.23. The van der Waals surface area contributed by atoms with Gasteiger partial charge in [0.1, 0.15) is 11.5 Å². The summed E-state index contributed by atoms with van der Waals surface area (Å²) in [7, 11) is 0. The lowest BCUT2D eigenvalue weighted by Crippen LogP contribution is -2.29. The van der Waals surface area contributed by atoms with Crippen LogP contribution in [0, 0.1) is 5.92 Å². The van der Waals surface area contributed by atoms with Crippen LogP contribution in [-0.4, -0.2) is 6.61 Å². The lowest BCUT2D eigenvalue weighted by atomic mass is 9.66. The Labute approximate surface area is 209 Å². The summed E-state index contributed by atoms with van der Waals surface area (Å²) in [6.07, 6.45) is 9.68. The smallest absolute Gasteiger partial charge is 0.126 e. The monoisotopic (exact) mass is 462 g/mol. The summed E-state index contributed by atoms with van der Waals surface area (Å²) < 4.78 is 11.9. The molecule has 35 heavy (non-hydrogen) atoms. The van der Waals surface area contributed by atoms with Crippen molar-refractivity contribution in [3.63, 3.8) is 0 Å². The molecule has 2 aliphatic rings. The molecule has 5 rings (SSSR count). The Morgan fingerprint density at radius 1 is 0.914 bits per heavy atom. The van der Waals surface area contributed by atoms with Crippen LogP contribution in [0.3, 0.4) is 0 Å². The summed E-state index contributed by atoms with van der Waals surface area (Å²) in [5, 5.41) is 0. The number of fused-ring (bicyclic) bond motifs is 3. The van der Waals surface area contributed by atoms with Crippen LogP contribution in [0.15, 0.2) is 108 Å². The van der Waals surface area contributed by atoms with Crippen molar-refractivity contribution in [3.05, 3.63) is 131 Å². The van der Waals surface area contributed by atoms with Gasteiger partial charge in [-0.3, -0.25) is 0 Å². The van der Waals surface area contributed by atoms with Gasteiger partial charge in [-0.2, -0.15) is 0 Å². The molecule has 0 spiro atoms. The van der Waals surface area contributed by atoms with Gasteiger partial charge in [0, 0.05) is 5.92 Å². The summed E-state index contributed by atoms with van der Waals surface area (Å²) in [5.74, 6) is 2.65. The average Bonchev–Trinajstić information content (AvgIpc) is 3.18. The molecule has 2 atom stereocenters. The van der Waals surface area contributed by atoms with Crippen LogP contribution in [0.4, 0.5) is 0 Å². The molecule has 0 aromatic heterocycles. The van der Waals surface area contributed by atoms with Gasteiger partial charge in [-0.15, -0.1) is 0 Å². The minimum Gasteiger partial charge on any atom is -0.493 e. The molecular weight excluding hydrogens is 428 g/mol. The van der Waals surface area contributed by atoms with Gasteiger partial charge < -0.3 is 9.47 Å². The van der Waals surface area contributed by atoms with E-state index in [0.29, 0.717) is 11.8 Å². The van der Waals surface area contributed by atoms with Crippen molar-refractivity contribution >= 4 is 0 Å². The van der Waals surface area contributed by atoms with Crippen LogP contribution in [0.5, 0.6) is 11.5 Å². The molecule has 3 aromatic carbocycles. The summed E-state index contributed by atoms with van der Waals surface area (Å²) in [6, 6.07) is 26.4. The Kier molecular flexibility index (Phi) is 6.38. The fraction of sp³-hybridized carbons (Fsp3) is 0.273. The van der Waals surface area contributed by atoms with Crippen molar-refractivity contribution in [1.82, 2.24) is 0 Å². The van der Waals surface area contributed by atoms with E-state index >= 15 is 0 Å². The number of ether oxygens (including phenoxy) is 2. The lowest BCUT2D eigenvalue weighted by molar-refractivity contribution is 0.271. The van der Waals surface area contributed by atoms with Gasteiger partial charge in [0.2, 0.25) is 0 Å². The number of hydrogen-bond donors (Lipinski definition) is 0. The van der Waals surface area contributed by atoms with Gasteiger partial charge in [0.05, 0.1) is 18.3 Å². The highest BCUT2D eigenvalue weighted by Crippen LogP contribution is 2.59. The molecule has 178 valence electrons. The Morgan fingerprint density at radius 2 is 1.57 bits per heavy atom. The molecule has 0 radical (unpaired) electrons. The molecule has 0 bridgehead atoms. The van der Waals surface area contributed by atoms with Crippen LogP contribution in [0.2, 0.25) is 0 Å². The molecule has 0 amide bonds. The maximum absolute atomic E-state index is 6.01. The molecule has 0 heterocycles. The Morgan fingerprint density at radius 3 is 2.23 bits per heavy atom. The predicted molar refractivity (Wildman–Crippen MR) is 144 cm³/mol. The highest BCUT2D eigenvalue weighted by Gasteiger charge is 2.50. The first kappa shape index (κ1) is 23.2. The van der Waals surface area contributed by atoms with Crippen molar-refractivity contribution in [3.8, 4) is 11.5 Å². The summed E-state index contributed by atoms with van der Waals surface area (Å²) >= 11 is 0. The zero-order valence-corrected chi connectivity index (χ0v) is 21.1. The molecule has 0 aliphatic heterocycles. The van der Waals surface area contributed by atoms with Crippen molar-refractivity contribution in [1.29, 1.82) is 0 Å². The first-order valence-electron chi connectivity index (χ1n) is 12.6. The highest BCUT2D eigenvalue weighted by atomic mass is 16.5. The second-order valence-electron chi connectivity index (χ2n) is 10.2.